The molecule has 0 nitrogen and oxygen atoms in total. The summed E-state index contributed by atoms with van der Waals surface area (Å²) in [5.41, 5.74) is 9.51. The van der Waals surface area contributed by atoms with Gasteiger partial charge >= 0.3 is 32.2 Å². The van der Waals surface area contributed by atoms with E-state index in [4.69, 9.17) is 33.2 Å². The molecule has 0 saturated heterocycles. The van der Waals surface area contributed by atoms with E-state index in [1.807, 2.05) is 0 Å². The van der Waals surface area contributed by atoms with E-state index in [2.05, 4.69) is 91.9 Å². The monoisotopic (exact) mass is 667 g/mol. The molecule has 1 unspecified atom stereocenters. The largest absolute Gasteiger partial charge is 3.00 e. The van der Waals surface area contributed by atoms with Gasteiger partial charge in [-0.1, -0.05) is 84.7 Å². The Morgan fingerprint density at radius 1 is 0.861 bits per heavy atom. The van der Waals surface area contributed by atoms with Gasteiger partial charge in [0.25, 0.3) is 0 Å². The molecule has 5 rings (SSSR count). The molecule has 0 aromatic heterocycles. The van der Waals surface area contributed by atoms with Crippen molar-refractivity contribution >= 4 is 56.1 Å². The van der Waals surface area contributed by atoms with Gasteiger partial charge in [0.15, 0.2) is 0 Å². The number of unbranched alkanes of at least 4 members (excludes halogenated alkanes) is 1. The maximum atomic E-state index is 6.06. The van der Waals surface area contributed by atoms with Gasteiger partial charge in [-0.15, -0.1) is 67.8 Å². The number of halogens is 5. The first-order valence-electron chi connectivity index (χ1n) is 11.5. The van der Waals surface area contributed by atoms with E-state index >= 15 is 0 Å². The number of rotatable bonds is 7. The summed E-state index contributed by atoms with van der Waals surface area (Å²) in [6.45, 7) is 2.26. The summed E-state index contributed by atoms with van der Waals surface area (Å²) >= 11 is 18.2. The van der Waals surface area contributed by atoms with Crippen LogP contribution in [0, 0.1) is 0 Å². The van der Waals surface area contributed by atoms with E-state index in [0.29, 0.717) is 5.92 Å². The topological polar surface area (TPSA) is 0 Å². The van der Waals surface area contributed by atoms with Crippen LogP contribution in [0.2, 0.25) is 6.04 Å². The van der Waals surface area contributed by atoms with E-state index in [1.54, 1.807) is 0 Å². The maximum Gasteiger partial charge on any atom is 3.00 e. The normalized spacial score (nSPS) is 14.3. The van der Waals surface area contributed by atoms with E-state index < -0.39 is 6.00 Å². The van der Waals surface area contributed by atoms with E-state index in [0.717, 1.165) is 25.3 Å². The van der Waals surface area contributed by atoms with Crippen LogP contribution in [0.4, 0.5) is 0 Å². The van der Waals surface area contributed by atoms with Crippen LogP contribution in [-0.4, -0.2) is 6.00 Å². The van der Waals surface area contributed by atoms with Crippen molar-refractivity contribution in [2.24, 2.45) is 0 Å². The molecule has 1 radical (unpaired) electrons. The third kappa shape index (κ3) is 6.95. The molecule has 0 heterocycles. The van der Waals surface area contributed by atoms with E-state index in [9.17, 15) is 0 Å². The summed E-state index contributed by atoms with van der Waals surface area (Å²) in [6.07, 6.45) is 5.41. The van der Waals surface area contributed by atoms with Crippen molar-refractivity contribution in [3.8, 4) is 11.1 Å². The Bertz CT molecular complexity index is 1320. The predicted molar refractivity (Wildman–Crippen MR) is 148 cm³/mol. The first-order chi connectivity index (χ1) is 15.9. The number of aryl methyl sites for hydroxylation is 1. The molecule has 36 heavy (non-hydrogen) atoms. The fourth-order valence-electron chi connectivity index (χ4n) is 5.21. The van der Waals surface area contributed by atoms with Gasteiger partial charge in [0.2, 0.25) is 0 Å². The van der Waals surface area contributed by atoms with Crippen LogP contribution >= 0.6 is 33.2 Å². The van der Waals surface area contributed by atoms with Gasteiger partial charge in [0.1, 0.15) is 0 Å². The van der Waals surface area contributed by atoms with Crippen molar-refractivity contribution in [3.63, 3.8) is 0 Å². The predicted octanol–water partition coefficient (Wildman–Crippen LogP) is 3.76. The van der Waals surface area contributed by atoms with E-state index in [1.165, 1.54) is 49.7 Å². The Morgan fingerprint density at radius 3 is 2.31 bits per heavy atom. The number of allylic oxidation sites excluding steroid dienone is 1. The van der Waals surface area contributed by atoms with Gasteiger partial charge in [-0.2, -0.15) is 6.07 Å². The minimum atomic E-state index is -2.52. The molecule has 185 valence electrons. The van der Waals surface area contributed by atoms with Crippen LogP contribution in [0.5, 0.6) is 0 Å². The van der Waals surface area contributed by atoms with Crippen LogP contribution in [0.25, 0.3) is 28.0 Å². The van der Waals surface area contributed by atoms with Gasteiger partial charge in [-0.3, -0.25) is 0 Å². The second-order valence-corrected chi connectivity index (χ2v) is 18.3. The van der Waals surface area contributed by atoms with Crippen LogP contribution in [0.15, 0.2) is 84.4 Å². The second-order valence-electron chi connectivity index (χ2n) is 9.03. The van der Waals surface area contributed by atoms with Crippen molar-refractivity contribution in [2.45, 2.75) is 38.1 Å². The quantitative estimate of drug-likeness (QED) is 0.122. The first kappa shape index (κ1) is 31.8. The van der Waals surface area contributed by atoms with Crippen molar-refractivity contribution < 1.29 is 51.0 Å². The Kier molecular flexibility index (Phi) is 12.0. The van der Waals surface area contributed by atoms with Gasteiger partial charge in [-0.05, 0) is 41.6 Å². The van der Waals surface area contributed by atoms with Crippen molar-refractivity contribution in [2.75, 3.05) is 0 Å². The second kappa shape index (κ2) is 13.6. The zero-order chi connectivity index (χ0) is 23.0. The molecule has 0 aliphatic heterocycles. The minimum Gasteiger partial charge on any atom is -1.00 e. The zero-order valence-corrected chi connectivity index (χ0v) is 27.1. The Hall–Kier alpha value is -0.440. The summed E-state index contributed by atoms with van der Waals surface area (Å²) in [5, 5.41) is 2.68. The molecule has 0 N–H and O–H groups in total. The molecule has 0 saturated carbocycles. The summed E-state index contributed by atoms with van der Waals surface area (Å²) < 4.78 is 0. The molecule has 1 aliphatic carbocycles. The molecule has 7 heteroatoms. The van der Waals surface area contributed by atoms with Crippen LogP contribution in [0.1, 0.15) is 47.9 Å². The summed E-state index contributed by atoms with van der Waals surface area (Å²) in [4.78, 5) is 0. The summed E-state index contributed by atoms with van der Waals surface area (Å²) in [7, 11) is 0. The van der Waals surface area contributed by atoms with Gasteiger partial charge in [0.05, 0.1) is 0 Å². The zero-order valence-electron chi connectivity index (χ0n) is 19.9. The van der Waals surface area contributed by atoms with Gasteiger partial charge < -0.3 is 24.8 Å². The molecule has 0 spiro atoms. The Morgan fingerprint density at radius 2 is 1.58 bits per heavy atom. The van der Waals surface area contributed by atoms with Gasteiger partial charge in [0, 0.05) is 5.92 Å². The number of fused-ring (bicyclic) bond motifs is 2. The van der Waals surface area contributed by atoms with Gasteiger partial charge in [-0.25, -0.2) is 0 Å². The SMILES string of the molecule is CC1=Cc2c(-c3ccccc3)cccc2C1c1cc2c(CCCC[Si](Cl)(Cl)Cl)cccc2[cH-]1.[Cl-].[Cl-].[Zr+3]. The van der Waals surface area contributed by atoms with Crippen LogP contribution < -0.4 is 24.8 Å². The molecule has 4 aromatic rings. The number of hydrogen-bond acceptors (Lipinski definition) is 0. The van der Waals surface area contributed by atoms with Crippen LogP contribution in [-0.2, 0) is 32.6 Å². The minimum absolute atomic E-state index is 0. The van der Waals surface area contributed by atoms with Crippen molar-refractivity contribution in [3.05, 3.63) is 107 Å². The molecule has 0 fully saturated rings. The molecular formula is C29H26Cl5SiZr. The number of hydrogen-bond donors (Lipinski definition) is 0. The van der Waals surface area contributed by atoms with E-state index in [-0.39, 0.29) is 51.0 Å². The third-order valence-electron chi connectivity index (χ3n) is 6.72. The molecule has 0 amide bonds. The molecule has 0 bridgehead atoms. The fraction of sp³-hybridized carbons (Fsp3) is 0.207. The van der Waals surface area contributed by atoms with Crippen LogP contribution in [0.3, 0.4) is 0 Å². The molecule has 1 atom stereocenters. The average molecular weight is 671 g/mol. The fourth-order valence-corrected chi connectivity index (χ4v) is 7.07. The molecule has 4 aromatic carbocycles. The maximum absolute atomic E-state index is 6.06. The summed E-state index contributed by atoms with van der Waals surface area (Å²) in [6, 6.07) is 27.0. The molecular weight excluding hydrogens is 645 g/mol. The first-order valence-corrected chi connectivity index (χ1v) is 16.8. The van der Waals surface area contributed by atoms with Crippen molar-refractivity contribution in [1.82, 2.24) is 0 Å². The number of benzene rings is 3. The smallest absolute Gasteiger partial charge is 1.00 e. The van der Waals surface area contributed by atoms with Crippen molar-refractivity contribution in [1.29, 1.82) is 0 Å². The average Bonchev–Trinajstić information content (AvgIpc) is 3.36. The standard InChI is InChI=1S/C29H26Cl3Si.2ClH.Zr/c1-20-17-28-25(21-9-3-2-4-10-21)14-8-15-26(28)29(20)24-18-23-13-7-12-22(27(23)19-24)11-5-6-16-33(30,31)32;;;/h2-4,7-10,12-15,17-19,29H,5-6,11,16H2,1H3;2*1H;/q-1;;;+3/p-2. The third-order valence-corrected chi connectivity index (χ3v) is 9.34. The Balaban J connectivity index is 0.00000152. The Labute approximate surface area is 260 Å². The molecule has 1 aliphatic rings. The summed E-state index contributed by atoms with van der Waals surface area (Å²) in [5.74, 6) is 0.305.